The number of ether oxygens (including phenoxy) is 6. The lowest BCUT2D eigenvalue weighted by atomic mass is 9.94. The fourth-order valence-corrected chi connectivity index (χ4v) is 18.5. The number of unbranched alkanes of at least 4 members (excludes halogenated alkanes) is 30. The molecule has 0 atom stereocenters. The van der Waals surface area contributed by atoms with Crippen LogP contribution < -0.4 is 28.4 Å². The van der Waals surface area contributed by atoms with E-state index in [1.54, 1.807) is 0 Å². The third-order valence-corrected chi connectivity index (χ3v) is 23.6. The number of benzene rings is 6. The van der Waals surface area contributed by atoms with Crippen molar-refractivity contribution >= 4 is 138 Å². The molecule has 0 bridgehead atoms. The molecule has 4 heterocycles. The molecule has 500 valence electrons. The van der Waals surface area contributed by atoms with Crippen LogP contribution >= 0.6 is 45.3 Å². The Morgan fingerprint density at radius 3 is 0.641 bits per heavy atom. The van der Waals surface area contributed by atoms with Crippen molar-refractivity contribution in [3.05, 3.63) is 59.3 Å². The van der Waals surface area contributed by atoms with Gasteiger partial charge in [0.25, 0.3) is 0 Å². The molecule has 0 saturated heterocycles. The van der Waals surface area contributed by atoms with Crippen LogP contribution in [0.3, 0.4) is 0 Å². The van der Waals surface area contributed by atoms with Gasteiger partial charge in [-0.1, -0.05) is 234 Å². The minimum atomic E-state index is 0.673. The van der Waals surface area contributed by atoms with Crippen molar-refractivity contribution in [3.63, 3.8) is 0 Å². The largest absolute Gasteiger partial charge is 0.490 e. The van der Waals surface area contributed by atoms with Gasteiger partial charge in [-0.3, -0.25) is 0 Å². The van der Waals surface area contributed by atoms with E-state index in [1.165, 1.54) is 285 Å². The molecule has 0 unspecified atom stereocenters. The van der Waals surface area contributed by atoms with Crippen LogP contribution in [0.4, 0.5) is 0 Å². The molecule has 6 nitrogen and oxygen atoms in total. The summed E-state index contributed by atoms with van der Waals surface area (Å²) in [6.45, 7) is 17.9. The van der Waals surface area contributed by atoms with Gasteiger partial charge < -0.3 is 28.4 Å². The first-order valence-corrected chi connectivity index (χ1v) is 40.7. The van der Waals surface area contributed by atoms with Gasteiger partial charge in [0.2, 0.25) is 0 Å². The van der Waals surface area contributed by atoms with Gasteiger partial charge in [-0.2, -0.15) is 0 Å². The zero-order valence-electron chi connectivity index (χ0n) is 57.6. The number of hydrogen-bond acceptors (Lipinski definition) is 10. The summed E-state index contributed by atoms with van der Waals surface area (Å²) < 4.78 is 49.6. The van der Waals surface area contributed by atoms with E-state index in [-0.39, 0.29) is 0 Å². The molecule has 0 amide bonds. The van der Waals surface area contributed by atoms with E-state index in [0.29, 0.717) is 39.6 Å². The number of hydrogen-bond donors (Lipinski definition) is 0. The second kappa shape index (κ2) is 37.5. The molecule has 10 aromatic rings. The lowest BCUT2D eigenvalue weighted by Crippen LogP contribution is -2.03. The summed E-state index contributed by atoms with van der Waals surface area (Å²) in [5.41, 5.74) is 0. The first-order valence-electron chi connectivity index (χ1n) is 37.4. The van der Waals surface area contributed by atoms with Crippen LogP contribution in [0.15, 0.2) is 59.3 Å². The third-order valence-electron chi connectivity index (χ3n) is 19.2. The second-order valence-corrected chi connectivity index (χ2v) is 30.5. The molecule has 6 aromatic carbocycles. The Kier molecular flexibility index (Phi) is 28.6. The Bertz CT molecular complexity index is 3610. The second-order valence-electron chi connectivity index (χ2n) is 26.6. The van der Waals surface area contributed by atoms with E-state index < -0.39 is 0 Å². The highest BCUT2D eigenvalue weighted by atomic mass is 32.1. The molecule has 0 aliphatic rings. The highest BCUT2D eigenvalue weighted by Gasteiger charge is 2.28. The van der Waals surface area contributed by atoms with Gasteiger partial charge in [-0.15, -0.1) is 45.3 Å². The van der Waals surface area contributed by atoms with Crippen molar-refractivity contribution in [2.75, 3.05) is 39.6 Å². The van der Waals surface area contributed by atoms with Crippen molar-refractivity contribution in [3.8, 4) is 34.5 Å². The molecule has 0 spiro atoms. The van der Waals surface area contributed by atoms with Gasteiger partial charge in [0.1, 0.15) is 0 Å². The number of fused-ring (bicyclic) bond motifs is 20. The SMILES string of the molecule is CCCCCCCCOc1cc2c(cc1OCCCCCCCC)c1sc3c4cc(OCCCCCCCC)c(OCCCCCCCC)cc4c4sc5c6cc(OCCCCCCCC)c(OCCCCCCCC)cc6c6sccc6c5c4c3c1c1ccsc21. The molecule has 92 heavy (non-hydrogen) atoms. The minimum absolute atomic E-state index is 0.673. The number of rotatable bonds is 48. The van der Waals surface area contributed by atoms with Crippen molar-refractivity contribution in [2.24, 2.45) is 0 Å². The molecule has 0 fully saturated rings. The predicted molar refractivity (Wildman–Crippen MR) is 409 cm³/mol. The number of thiophene rings is 4. The quantitative estimate of drug-likeness (QED) is 0.0354. The first-order chi connectivity index (χ1) is 45.5. The first kappa shape index (κ1) is 70.1. The van der Waals surface area contributed by atoms with Crippen LogP contribution in [-0.4, -0.2) is 39.6 Å². The van der Waals surface area contributed by atoms with Gasteiger partial charge in [-0.25, -0.2) is 0 Å². The highest BCUT2D eigenvalue weighted by molar-refractivity contribution is 7.31. The van der Waals surface area contributed by atoms with E-state index in [4.69, 9.17) is 28.4 Å². The maximum Gasteiger partial charge on any atom is 0.161 e. The molecule has 0 radical (unpaired) electrons. The zero-order valence-corrected chi connectivity index (χ0v) is 60.8. The molecule has 10 rings (SSSR count). The van der Waals surface area contributed by atoms with E-state index >= 15 is 0 Å². The van der Waals surface area contributed by atoms with Gasteiger partial charge in [0, 0.05) is 92.8 Å². The van der Waals surface area contributed by atoms with E-state index in [9.17, 15) is 0 Å². The smallest absolute Gasteiger partial charge is 0.161 e. The monoisotopic (exact) mass is 1320 g/mol. The van der Waals surface area contributed by atoms with Crippen LogP contribution in [0.1, 0.15) is 273 Å². The molecular formula is C82H112O6S4. The van der Waals surface area contributed by atoms with Crippen LogP contribution in [-0.2, 0) is 0 Å². The Morgan fingerprint density at radius 2 is 0.413 bits per heavy atom. The maximum absolute atomic E-state index is 7.03. The Morgan fingerprint density at radius 1 is 0.217 bits per heavy atom. The normalized spacial score (nSPS) is 12.1. The molecular weight excluding hydrogens is 1210 g/mol. The Hall–Kier alpha value is -4.74. The minimum Gasteiger partial charge on any atom is -0.490 e. The summed E-state index contributed by atoms with van der Waals surface area (Å²) in [7, 11) is 0. The Balaban J connectivity index is 1.19. The fourth-order valence-electron chi connectivity index (χ4n) is 13.9. The third kappa shape index (κ3) is 17.6. The molecule has 0 aliphatic heterocycles. The summed E-state index contributed by atoms with van der Waals surface area (Å²) in [5.74, 6) is 5.23. The maximum atomic E-state index is 7.03. The topological polar surface area (TPSA) is 55.4 Å². The zero-order chi connectivity index (χ0) is 63.7. The summed E-state index contributed by atoms with van der Waals surface area (Å²) >= 11 is 7.66. The van der Waals surface area contributed by atoms with Crippen molar-refractivity contribution in [1.29, 1.82) is 0 Å². The van der Waals surface area contributed by atoms with Gasteiger partial charge >= 0.3 is 0 Å². The summed E-state index contributed by atoms with van der Waals surface area (Å²) in [6.07, 6.45) is 43.9. The summed E-state index contributed by atoms with van der Waals surface area (Å²) in [6, 6.07) is 19.0. The van der Waals surface area contributed by atoms with Crippen LogP contribution in [0.25, 0.3) is 92.8 Å². The molecule has 4 aromatic heterocycles. The Labute approximate surface area is 568 Å². The molecule has 0 aliphatic carbocycles. The van der Waals surface area contributed by atoms with Gasteiger partial charge in [-0.05, 0) is 97.8 Å². The van der Waals surface area contributed by atoms with Gasteiger partial charge in [0.15, 0.2) is 34.5 Å². The molecule has 0 N–H and O–H groups in total. The van der Waals surface area contributed by atoms with Gasteiger partial charge in [0.05, 0.1) is 39.6 Å². The molecule has 10 heteroatoms. The predicted octanol–water partition coefficient (Wildman–Crippen LogP) is 28.7. The van der Waals surface area contributed by atoms with E-state index in [0.717, 1.165) is 73.0 Å². The van der Waals surface area contributed by atoms with E-state index in [1.807, 2.05) is 45.3 Å². The highest BCUT2D eigenvalue weighted by Crippen LogP contribution is 2.58. The fraction of sp³-hybridized carbons (Fsp3) is 0.585. The lowest BCUT2D eigenvalue weighted by molar-refractivity contribution is 0.259. The molecule has 0 saturated carbocycles. The summed E-state index contributed by atoms with van der Waals surface area (Å²) in [4.78, 5) is 0. The lowest BCUT2D eigenvalue weighted by Gasteiger charge is -2.16. The van der Waals surface area contributed by atoms with Crippen molar-refractivity contribution < 1.29 is 28.4 Å². The van der Waals surface area contributed by atoms with E-state index in [2.05, 4.69) is 101 Å². The van der Waals surface area contributed by atoms with Crippen LogP contribution in [0.2, 0.25) is 0 Å². The summed E-state index contributed by atoms with van der Waals surface area (Å²) in [5, 5.41) is 20.1. The van der Waals surface area contributed by atoms with Crippen molar-refractivity contribution in [1.82, 2.24) is 0 Å². The van der Waals surface area contributed by atoms with Crippen LogP contribution in [0.5, 0.6) is 34.5 Å². The van der Waals surface area contributed by atoms with Crippen LogP contribution in [0, 0.1) is 0 Å². The standard InChI is InChI=1S/C82H112O6S4/c1-7-13-19-25-31-37-45-83-67-53-61-63(55-69(67)85-47-39-33-27-21-15-9-3)79-73(59-43-51-89-77(59)61)75-76-74-60-44-52-90-78(60)62-54-68(84-46-38-32-26-20-14-8-2)70(86-48-40-34-28-22-16-10-4)56-64(62)80(74)92-82(76)66-58-72(88-50-42-36-30-24-18-12-6)71(57-65(66)81(75)91-79)87-49-41-35-29-23-17-11-5/h43-44,51-58H,7-42,45-50H2,1-6H3. The van der Waals surface area contributed by atoms with Crippen molar-refractivity contribution in [2.45, 2.75) is 273 Å². The average molecular weight is 1320 g/mol. The average Bonchev–Trinajstić information content (AvgIpc) is 1.51.